The molecule has 0 bridgehead atoms. The highest BCUT2D eigenvalue weighted by atomic mass is 32.1. The van der Waals surface area contributed by atoms with Gasteiger partial charge in [0, 0.05) is 30.1 Å². The molecule has 7 heteroatoms. The second-order valence-electron chi connectivity index (χ2n) is 7.39. The van der Waals surface area contributed by atoms with Crippen molar-refractivity contribution >= 4 is 34.0 Å². The second kappa shape index (κ2) is 7.75. The fraction of sp³-hybridized carbons (Fsp3) is 0.273. The van der Waals surface area contributed by atoms with Crippen LogP contribution < -0.4 is 10.2 Å². The first-order chi connectivity index (χ1) is 13.9. The second-order valence-corrected chi connectivity index (χ2v) is 8.40. The number of aryl methyl sites for hydroxylation is 3. The molecule has 148 valence electrons. The minimum absolute atomic E-state index is 0.0225. The highest BCUT2D eigenvalue weighted by Gasteiger charge is 2.34. The molecule has 1 aliphatic rings. The van der Waals surface area contributed by atoms with Crippen LogP contribution in [0.2, 0.25) is 0 Å². The molecule has 1 aliphatic heterocycles. The number of hydrogen-bond donors (Lipinski definition) is 1. The maximum atomic E-state index is 12.6. The molecule has 0 spiro atoms. The number of aromatic nitrogens is 2. The van der Waals surface area contributed by atoms with E-state index in [1.165, 1.54) is 16.9 Å². The van der Waals surface area contributed by atoms with E-state index in [1.54, 1.807) is 6.07 Å². The Balaban J connectivity index is 1.47. The molecule has 1 saturated heterocycles. The minimum Gasteiger partial charge on any atom is -0.312 e. The van der Waals surface area contributed by atoms with E-state index in [2.05, 4.69) is 22.4 Å². The van der Waals surface area contributed by atoms with E-state index in [0.717, 1.165) is 21.8 Å². The summed E-state index contributed by atoms with van der Waals surface area (Å²) in [5.74, 6) is -0.144. The van der Waals surface area contributed by atoms with Crippen LogP contribution in [0.15, 0.2) is 42.5 Å². The molecule has 29 heavy (non-hydrogen) atoms. The van der Waals surface area contributed by atoms with Crippen LogP contribution in [0.1, 0.15) is 44.4 Å². The van der Waals surface area contributed by atoms with Crippen LogP contribution in [0.3, 0.4) is 0 Å². The lowest BCUT2D eigenvalue weighted by molar-refractivity contribution is -0.117. The normalized spacial score (nSPS) is 16.3. The van der Waals surface area contributed by atoms with Gasteiger partial charge in [-0.1, -0.05) is 35.6 Å². The van der Waals surface area contributed by atoms with Gasteiger partial charge in [-0.2, -0.15) is 0 Å². The van der Waals surface area contributed by atoms with E-state index in [9.17, 15) is 9.59 Å². The molecule has 0 saturated carbocycles. The first-order valence-electron chi connectivity index (χ1n) is 9.50. The topological polar surface area (TPSA) is 75.2 Å². The first-order valence-corrected chi connectivity index (χ1v) is 10.3. The van der Waals surface area contributed by atoms with Crippen molar-refractivity contribution in [1.82, 2.24) is 10.2 Å². The molecule has 0 aliphatic carbocycles. The van der Waals surface area contributed by atoms with E-state index >= 15 is 0 Å². The summed E-state index contributed by atoms with van der Waals surface area (Å²) >= 11 is 1.33. The Kier molecular flexibility index (Phi) is 5.15. The van der Waals surface area contributed by atoms with Gasteiger partial charge in [0.15, 0.2) is 0 Å². The van der Waals surface area contributed by atoms with Crippen LogP contribution in [0.4, 0.5) is 10.8 Å². The van der Waals surface area contributed by atoms with Crippen LogP contribution in [0.25, 0.3) is 0 Å². The lowest BCUT2D eigenvalue weighted by Crippen LogP contribution is -2.24. The third-order valence-electron chi connectivity index (χ3n) is 5.33. The molecule has 1 atom stereocenters. The smallest absolute Gasteiger partial charge is 0.257 e. The Labute approximate surface area is 173 Å². The van der Waals surface area contributed by atoms with Crippen molar-refractivity contribution in [2.45, 2.75) is 33.1 Å². The van der Waals surface area contributed by atoms with E-state index in [1.807, 2.05) is 55.1 Å². The molecule has 0 radical (unpaired) electrons. The molecular formula is C22H22N4O2S. The molecule has 3 aromatic rings. The van der Waals surface area contributed by atoms with E-state index in [0.29, 0.717) is 23.7 Å². The highest BCUT2D eigenvalue weighted by Crippen LogP contribution is 2.34. The Hall–Kier alpha value is -3.06. The van der Waals surface area contributed by atoms with E-state index in [-0.39, 0.29) is 17.7 Å². The molecule has 1 N–H and O–H groups in total. The summed E-state index contributed by atoms with van der Waals surface area (Å²) in [5, 5.41) is 12.4. The zero-order valence-corrected chi connectivity index (χ0v) is 17.4. The summed E-state index contributed by atoms with van der Waals surface area (Å²) in [5.41, 5.74) is 4.80. The Morgan fingerprint density at radius 3 is 2.62 bits per heavy atom. The summed E-state index contributed by atoms with van der Waals surface area (Å²) in [6, 6.07) is 13.5. The molecule has 6 nitrogen and oxygen atoms in total. The number of anilines is 2. The van der Waals surface area contributed by atoms with Crippen molar-refractivity contribution < 1.29 is 9.59 Å². The number of rotatable bonds is 4. The predicted octanol–water partition coefficient (Wildman–Crippen LogP) is 4.24. The number of nitrogens with zero attached hydrogens (tertiary/aromatic N) is 3. The molecule has 4 rings (SSSR count). The lowest BCUT2D eigenvalue weighted by atomic mass is 10.1. The largest absolute Gasteiger partial charge is 0.312 e. The molecule has 1 aromatic heterocycles. The fourth-order valence-electron chi connectivity index (χ4n) is 3.46. The number of nitrogens with one attached hydrogen (secondary N) is 1. The van der Waals surface area contributed by atoms with Crippen LogP contribution in [-0.2, 0) is 4.79 Å². The quantitative estimate of drug-likeness (QED) is 0.703. The van der Waals surface area contributed by atoms with Crippen molar-refractivity contribution in [2.24, 2.45) is 0 Å². The van der Waals surface area contributed by atoms with Gasteiger partial charge in [-0.15, -0.1) is 10.2 Å². The van der Waals surface area contributed by atoms with Crippen molar-refractivity contribution in [1.29, 1.82) is 0 Å². The van der Waals surface area contributed by atoms with Gasteiger partial charge in [-0.05, 0) is 55.7 Å². The molecular weight excluding hydrogens is 384 g/mol. The van der Waals surface area contributed by atoms with Gasteiger partial charge in [0.2, 0.25) is 11.0 Å². The fourth-order valence-corrected chi connectivity index (χ4v) is 4.29. The number of amides is 2. The standard InChI is InChI=1S/C22H22N4O2S/c1-13-8-9-17(10-15(13)3)26-12-16(11-19(26)27)21-24-25-22(29-21)23-20(28)18-7-5-4-6-14(18)2/h4-10,16H,11-12H2,1-3H3,(H,23,25,28)/t16-/m1/s1. The van der Waals surface area contributed by atoms with Crippen molar-refractivity contribution in [3.05, 3.63) is 69.7 Å². The predicted molar refractivity (Wildman–Crippen MR) is 115 cm³/mol. The average Bonchev–Trinajstić information content (AvgIpc) is 3.31. The Bertz CT molecular complexity index is 1090. The van der Waals surface area contributed by atoms with E-state index in [4.69, 9.17) is 0 Å². The van der Waals surface area contributed by atoms with Gasteiger partial charge >= 0.3 is 0 Å². The zero-order chi connectivity index (χ0) is 20.5. The van der Waals surface area contributed by atoms with E-state index < -0.39 is 0 Å². The monoisotopic (exact) mass is 406 g/mol. The number of hydrogen-bond acceptors (Lipinski definition) is 5. The summed E-state index contributed by atoms with van der Waals surface area (Å²) in [6.45, 7) is 6.57. The third-order valence-corrected chi connectivity index (χ3v) is 6.33. The van der Waals surface area contributed by atoms with Gasteiger partial charge in [0.1, 0.15) is 5.01 Å². The summed E-state index contributed by atoms with van der Waals surface area (Å²) in [7, 11) is 0. The summed E-state index contributed by atoms with van der Waals surface area (Å²) < 4.78 is 0. The minimum atomic E-state index is -0.204. The van der Waals surface area contributed by atoms with Crippen LogP contribution in [-0.4, -0.2) is 28.6 Å². The van der Waals surface area contributed by atoms with Gasteiger partial charge in [-0.3, -0.25) is 14.9 Å². The Morgan fingerprint density at radius 2 is 1.86 bits per heavy atom. The van der Waals surface area contributed by atoms with Gasteiger partial charge in [-0.25, -0.2) is 0 Å². The highest BCUT2D eigenvalue weighted by molar-refractivity contribution is 7.15. The van der Waals surface area contributed by atoms with Gasteiger partial charge in [0.05, 0.1) is 0 Å². The molecule has 2 aromatic carbocycles. The summed E-state index contributed by atoms with van der Waals surface area (Å²) in [6.07, 6.45) is 0.396. The molecule has 2 amide bonds. The average molecular weight is 407 g/mol. The van der Waals surface area contributed by atoms with Crippen LogP contribution in [0.5, 0.6) is 0 Å². The summed E-state index contributed by atoms with van der Waals surface area (Å²) in [4.78, 5) is 26.9. The number of carbonyl (C=O) groups excluding carboxylic acids is 2. The SMILES string of the molecule is Cc1ccc(N2C[C@H](c3nnc(NC(=O)c4ccccc4C)s3)CC2=O)cc1C. The maximum absolute atomic E-state index is 12.6. The number of carbonyl (C=O) groups is 2. The zero-order valence-electron chi connectivity index (χ0n) is 16.6. The van der Waals surface area contributed by atoms with Crippen molar-refractivity contribution in [2.75, 3.05) is 16.8 Å². The first kappa shape index (κ1) is 19.3. The van der Waals surface area contributed by atoms with Gasteiger partial charge in [0.25, 0.3) is 5.91 Å². The number of benzene rings is 2. The molecule has 1 fully saturated rings. The molecule has 2 heterocycles. The Morgan fingerprint density at radius 1 is 1.07 bits per heavy atom. The van der Waals surface area contributed by atoms with Crippen molar-refractivity contribution in [3.8, 4) is 0 Å². The van der Waals surface area contributed by atoms with Crippen LogP contribution >= 0.6 is 11.3 Å². The maximum Gasteiger partial charge on any atom is 0.257 e. The third kappa shape index (κ3) is 3.91. The lowest BCUT2D eigenvalue weighted by Gasteiger charge is -2.17. The molecule has 0 unspecified atom stereocenters. The van der Waals surface area contributed by atoms with Crippen LogP contribution in [0, 0.1) is 20.8 Å². The van der Waals surface area contributed by atoms with Gasteiger partial charge < -0.3 is 4.90 Å². The van der Waals surface area contributed by atoms with Crippen molar-refractivity contribution in [3.63, 3.8) is 0 Å².